The van der Waals surface area contributed by atoms with Crippen molar-refractivity contribution in [3.63, 3.8) is 0 Å². The number of rotatable bonds is 3. The highest BCUT2D eigenvalue weighted by Crippen LogP contribution is 2.38. The molecule has 1 N–H and O–H groups in total. The van der Waals surface area contributed by atoms with E-state index in [0.29, 0.717) is 5.56 Å². The van der Waals surface area contributed by atoms with Gasteiger partial charge in [0.2, 0.25) is 0 Å². The number of amides is 1. The molecule has 4 nitrogen and oxygen atoms in total. The summed E-state index contributed by atoms with van der Waals surface area (Å²) in [5, 5.41) is 4.16. The largest absolute Gasteiger partial charge is 0.365 e. The van der Waals surface area contributed by atoms with E-state index >= 15 is 0 Å². The van der Waals surface area contributed by atoms with Gasteiger partial charge in [0.1, 0.15) is 0 Å². The lowest BCUT2D eigenvalue weighted by Gasteiger charge is -2.41. The van der Waals surface area contributed by atoms with Crippen molar-refractivity contribution < 1.29 is 4.79 Å². The van der Waals surface area contributed by atoms with Crippen molar-refractivity contribution in [2.24, 2.45) is 5.10 Å². The van der Waals surface area contributed by atoms with Gasteiger partial charge in [-0.2, -0.15) is 5.10 Å². The molecule has 0 saturated heterocycles. The molecule has 1 aliphatic rings. The predicted molar refractivity (Wildman–Crippen MR) is 117 cm³/mol. The lowest BCUT2D eigenvalue weighted by atomic mass is 9.87. The fraction of sp³-hybridized carbons (Fsp3) is 0.273. The van der Waals surface area contributed by atoms with E-state index in [1.54, 1.807) is 12.3 Å². The molecule has 1 aliphatic heterocycles. The number of nitrogens with one attached hydrogen (secondary N) is 1. The number of aryl methyl sites for hydroxylation is 1. The molecule has 0 aromatic heterocycles. The topological polar surface area (TPSA) is 44.7 Å². The van der Waals surface area contributed by atoms with E-state index in [9.17, 15) is 4.79 Å². The van der Waals surface area contributed by atoms with Crippen LogP contribution in [0.4, 0.5) is 5.69 Å². The standard InChI is InChI=1S/C22H24BrN3O/c1-14-10-20-18(15(2)12-22(3,4)26(20)5)11-16(14)13-24-25-21(27)17-8-6-7-9-19(17)23/h6-13H,1-5H3,(H,25,27)/b24-13-. The molecule has 0 aliphatic carbocycles. The third kappa shape index (κ3) is 3.83. The number of hydrogen-bond donors (Lipinski definition) is 1. The van der Waals surface area contributed by atoms with Crippen molar-refractivity contribution >= 4 is 39.3 Å². The summed E-state index contributed by atoms with van der Waals surface area (Å²) in [6.45, 7) is 8.62. The fourth-order valence-corrected chi connectivity index (χ4v) is 3.79. The van der Waals surface area contributed by atoms with Crippen LogP contribution < -0.4 is 10.3 Å². The number of halogens is 1. The maximum absolute atomic E-state index is 12.3. The molecule has 0 saturated carbocycles. The van der Waals surface area contributed by atoms with Crippen molar-refractivity contribution in [3.8, 4) is 0 Å². The lowest BCUT2D eigenvalue weighted by Crippen LogP contribution is -2.42. The number of hydrazone groups is 1. The number of likely N-dealkylation sites (N-methyl/N-ethyl adjacent to an activating group) is 1. The molecule has 140 valence electrons. The van der Waals surface area contributed by atoms with Crippen LogP contribution in [0.15, 0.2) is 52.0 Å². The molecule has 2 aromatic rings. The number of anilines is 1. The van der Waals surface area contributed by atoms with E-state index in [2.05, 4.69) is 84.3 Å². The average molecular weight is 426 g/mol. The zero-order valence-corrected chi connectivity index (χ0v) is 17.9. The molecule has 0 spiro atoms. The molecule has 0 bridgehead atoms. The summed E-state index contributed by atoms with van der Waals surface area (Å²) in [5.74, 6) is -0.244. The molecule has 3 rings (SSSR count). The van der Waals surface area contributed by atoms with Gasteiger partial charge in [-0.15, -0.1) is 0 Å². The van der Waals surface area contributed by atoms with E-state index in [0.717, 1.165) is 15.6 Å². The first-order valence-corrected chi connectivity index (χ1v) is 9.66. The van der Waals surface area contributed by atoms with E-state index in [4.69, 9.17) is 0 Å². The van der Waals surface area contributed by atoms with Crippen LogP contribution in [-0.2, 0) is 0 Å². The van der Waals surface area contributed by atoms with Crippen LogP contribution in [0.25, 0.3) is 5.57 Å². The van der Waals surface area contributed by atoms with Crippen LogP contribution >= 0.6 is 15.9 Å². The Bertz CT molecular complexity index is 960. The summed E-state index contributed by atoms with van der Waals surface area (Å²) in [6, 6.07) is 11.6. The Morgan fingerprint density at radius 3 is 2.63 bits per heavy atom. The molecule has 0 unspecified atom stereocenters. The molecule has 27 heavy (non-hydrogen) atoms. The van der Waals surface area contributed by atoms with Gasteiger partial charge in [0.25, 0.3) is 5.91 Å². The molecule has 1 heterocycles. The molecule has 0 radical (unpaired) electrons. The highest BCUT2D eigenvalue weighted by Gasteiger charge is 2.28. The minimum atomic E-state index is -0.244. The van der Waals surface area contributed by atoms with Crippen molar-refractivity contribution in [1.82, 2.24) is 5.43 Å². The monoisotopic (exact) mass is 425 g/mol. The molecule has 0 atom stereocenters. The second-order valence-corrected chi connectivity index (χ2v) is 8.30. The van der Waals surface area contributed by atoms with Crippen molar-refractivity contribution in [1.29, 1.82) is 0 Å². The van der Waals surface area contributed by atoms with Crippen molar-refractivity contribution in [2.75, 3.05) is 11.9 Å². The van der Waals surface area contributed by atoms with Gasteiger partial charge in [0.05, 0.1) is 17.3 Å². The zero-order valence-electron chi connectivity index (χ0n) is 16.3. The number of carbonyl (C=O) groups is 1. The van der Waals surface area contributed by atoms with Crippen LogP contribution in [0.2, 0.25) is 0 Å². The van der Waals surface area contributed by atoms with Crippen molar-refractivity contribution in [2.45, 2.75) is 33.2 Å². The molecular formula is C22H24BrN3O. The first-order valence-electron chi connectivity index (χ1n) is 8.87. The molecule has 5 heteroatoms. The Morgan fingerprint density at radius 1 is 1.22 bits per heavy atom. The Morgan fingerprint density at radius 2 is 1.93 bits per heavy atom. The van der Waals surface area contributed by atoms with Gasteiger partial charge in [0.15, 0.2) is 0 Å². The highest BCUT2D eigenvalue weighted by molar-refractivity contribution is 9.10. The highest BCUT2D eigenvalue weighted by atomic mass is 79.9. The van der Waals surface area contributed by atoms with Gasteiger partial charge in [-0.3, -0.25) is 4.79 Å². The molecule has 1 amide bonds. The van der Waals surface area contributed by atoms with Crippen LogP contribution in [0, 0.1) is 6.92 Å². The quantitative estimate of drug-likeness (QED) is 0.545. The van der Waals surface area contributed by atoms with Crippen molar-refractivity contribution in [3.05, 3.63) is 69.2 Å². The SMILES string of the molecule is CC1=CC(C)(C)N(C)c2cc(C)c(/C=N\NC(=O)c3ccccc3Br)cc21. The Hall–Kier alpha value is -2.40. The third-order valence-electron chi connectivity index (χ3n) is 5.09. The zero-order chi connectivity index (χ0) is 19.8. The average Bonchev–Trinajstić information content (AvgIpc) is 2.60. The molecular weight excluding hydrogens is 402 g/mol. The number of carbonyl (C=O) groups excluding carboxylic acids is 1. The van der Waals surface area contributed by atoms with Gasteiger partial charge in [-0.05, 0) is 84.6 Å². The van der Waals surface area contributed by atoms with Gasteiger partial charge < -0.3 is 4.90 Å². The van der Waals surface area contributed by atoms with Crippen LogP contribution in [0.5, 0.6) is 0 Å². The number of nitrogens with zero attached hydrogens (tertiary/aromatic N) is 2. The minimum Gasteiger partial charge on any atom is -0.365 e. The third-order valence-corrected chi connectivity index (χ3v) is 5.78. The predicted octanol–water partition coefficient (Wildman–Crippen LogP) is 5.15. The molecule has 0 fully saturated rings. The maximum atomic E-state index is 12.3. The van der Waals surface area contributed by atoms with Crippen LogP contribution in [0.3, 0.4) is 0 Å². The van der Waals surface area contributed by atoms with E-state index in [1.165, 1.54) is 16.8 Å². The summed E-state index contributed by atoms with van der Waals surface area (Å²) >= 11 is 3.38. The second kappa shape index (κ2) is 7.31. The van der Waals surface area contributed by atoms with Gasteiger partial charge in [0, 0.05) is 22.8 Å². The Balaban J connectivity index is 1.85. The fourth-order valence-electron chi connectivity index (χ4n) is 3.32. The van der Waals surface area contributed by atoms with Gasteiger partial charge in [-0.1, -0.05) is 18.2 Å². The molecule has 2 aromatic carbocycles. The maximum Gasteiger partial charge on any atom is 0.272 e. The Labute approximate surface area is 169 Å². The smallest absolute Gasteiger partial charge is 0.272 e. The van der Waals surface area contributed by atoms with Gasteiger partial charge in [-0.25, -0.2) is 5.43 Å². The summed E-state index contributed by atoms with van der Waals surface area (Å²) in [7, 11) is 2.12. The minimum absolute atomic E-state index is 0.0177. The van der Waals surface area contributed by atoms with E-state index in [1.807, 2.05) is 18.2 Å². The summed E-state index contributed by atoms with van der Waals surface area (Å²) in [6.07, 6.45) is 3.98. The van der Waals surface area contributed by atoms with Crippen LogP contribution in [-0.4, -0.2) is 24.7 Å². The first kappa shape index (κ1) is 19.4. The number of allylic oxidation sites excluding steroid dienone is 1. The first-order chi connectivity index (χ1) is 12.7. The number of fused-ring (bicyclic) bond motifs is 1. The summed E-state index contributed by atoms with van der Waals surface area (Å²) < 4.78 is 0.745. The van der Waals surface area contributed by atoms with E-state index < -0.39 is 0 Å². The summed E-state index contributed by atoms with van der Waals surface area (Å²) in [4.78, 5) is 14.6. The number of hydrogen-bond acceptors (Lipinski definition) is 3. The number of benzene rings is 2. The summed E-state index contributed by atoms with van der Waals surface area (Å²) in [5.41, 5.74) is 8.91. The second-order valence-electron chi connectivity index (χ2n) is 7.44. The Kier molecular flexibility index (Phi) is 5.24. The van der Waals surface area contributed by atoms with Gasteiger partial charge >= 0.3 is 0 Å². The van der Waals surface area contributed by atoms with Crippen LogP contribution in [0.1, 0.15) is 47.8 Å². The lowest BCUT2D eigenvalue weighted by molar-refractivity contribution is 0.0954. The van der Waals surface area contributed by atoms with E-state index in [-0.39, 0.29) is 11.4 Å². The normalized spacial score (nSPS) is 15.5.